The lowest BCUT2D eigenvalue weighted by Crippen LogP contribution is -3.61. The maximum atomic E-state index is 2.31. The molecule has 0 aliphatic heterocycles. The highest BCUT2D eigenvalue weighted by Gasteiger charge is 2.21. The van der Waals surface area contributed by atoms with Gasteiger partial charge in [0.2, 0.25) is 5.77 Å². The molecule has 0 unspecified atom stereocenters. The topological polar surface area (TPSA) is 0 Å². The lowest BCUT2D eigenvalue weighted by Gasteiger charge is -1.93. The molecule has 0 aliphatic rings. The van der Waals surface area contributed by atoms with Crippen molar-refractivity contribution in [3.63, 3.8) is 0 Å². The summed E-state index contributed by atoms with van der Waals surface area (Å²) in [5.74, 6) is 0. The van der Waals surface area contributed by atoms with E-state index < -0.39 is 0 Å². The van der Waals surface area contributed by atoms with Gasteiger partial charge in [0.1, 0.15) is 0 Å². The van der Waals surface area contributed by atoms with Gasteiger partial charge in [0, 0.05) is 21.9 Å². The van der Waals surface area contributed by atoms with E-state index in [9.17, 15) is 0 Å². The van der Waals surface area contributed by atoms with Gasteiger partial charge >= 0.3 is 21.2 Å². The van der Waals surface area contributed by atoms with Crippen LogP contribution in [0.2, 0.25) is 0 Å². The quantitative estimate of drug-likeness (QED) is 0.423. The van der Waals surface area contributed by atoms with Crippen LogP contribution in [-0.4, -0.2) is 0 Å². The van der Waals surface area contributed by atoms with Crippen molar-refractivity contribution in [3.8, 4) is 20.9 Å². The van der Waals surface area contributed by atoms with Crippen molar-refractivity contribution in [1.29, 1.82) is 0 Å². The van der Waals surface area contributed by atoms with Crippen molar-refractivity contribution in [3.05, 3.63) is 90.7 Å². The summed E-state index contributed by atoms with van der Waals surface area (Å²) in [7, 11) is 0. The summed E-state index contributed by atoms with van der Waals surface area (Å²) in [6.45, 7) is 0. The monoisotopic (exact) mass is 445 g/mol. The smallest absolute Gasteiger partial charge is 0.0876 e. The number of rotatable bonds is 4. The lowest BCUT2D eigenvalue weighted by molar-refractivity contribution is -0.585. The molecule has 0 fully saturated rings. The average Bonchev–Trinajstić information content (AvgIpc) is 3.27. The Balaban J connectivity index is 1.53. The molecule has 112 valence electrons. The number of benzene rings is 2. The highest BCUT2D eigenvalue weighted by Crippen LogP contribution is 2.25. The van der Waals surface area contributed by atoms with Gasteiger partial charge in [-0.05, 0) is 23.3 Å². The molecule has 2 aromatic carbocycles. The second-order valence-corrected chi connectivity index (χ2v) is 11.5. The first-order valence-electron chi connectivity index (χ1n) is 7.34. The van der Waals surface area contributed by atoms with E-state index in [1.165, 1.54) is 26.6 Å². The summed E-state index contributed by atoms with van der Waals surface area (Å²) in [5, 5.41) is 0. The molecule has 3 heteroatoms. The normalized spacial score (nSPS) is 10.8. The molecular weight excluding hydrogens is 431 g/mol. The van der Waals surface area contributed by atoms with Crippen LogP contribution >= 0.6 is 22.7 Å². The van der Waals surface area contributed by atoms with Crippen molar-refractivity contribution < 1.29 is 21.2 Å². The van der Waals surface area contributed by atoms with Gasteiger partial charge in [0.05, 0.1) is 0 Å². The Kier molecular flexibility index (Phi) is 4.60. The highest BCUT2D eigenvalue weighted by atomic mass is 127. The Morgan fingerprint density at radius 3 is 1.35 bits per heavy atom. The fraction of sp³-hybridized carbons (Fsp3) is 0. The van der Waals surface area contributed by atoms with Gasteiger partial charge in [-0.1, -0.05) is 83.3 Å². The van der Waals surface area contributed by atoms with Crippen LogP contribution in [0, 0.1) is 5.77 Å². The summed E-state index contributed by atoms with van der Waals surface area (Å²) in [6, 6.07) is 30.5. The van der Waals surface area contributed by atoms with E-state index in [-0.39, 0.29) is 21.2 Å². The summed E-state index contributed by atoms with van der Waals surface area (Å²) in [4.78, 5) is 2.75. The molecule has 0 saturated carbocycles. The zero-order valence-corrected chi connectivity index (χ0v) is 16.1. The molecule has 4 rings (SSSR count). The van der Waals surface area contributed by atoms with Crippen LogP contribution in [0.3, 0.4) is 0 Å². The van der Waals surface area contributed by atoms with E-state index in [1.54, 1.807) is 0 Å². The Morgan fingerprint density at radius 2 is 0.913 bits per heavy atom. The third-order valence-electron chi connectivity index (χ3n) is 3.45. The van der Waals surface area contributed by atoms with Crippen LogP contribution in [0.25, 0.3) is 20.9 Å². The first-order chi connectivity index (χ1) is 11.4. The molecule has 0 aliphatic carbocycles. The van der Waals surface area contributed by atoms with E-state index in [4.69, 9.17) is 0 Å². The summed E-state index contributed by atoms with van der Waals surface area (Å²) in [5.41, 5.74) is 2.65. The zero-order chi connectivity index (χ0) is 15.5. The van der Waals surface area contributed by atoms with Crippen molar-refractivity contribution in [1.82, 2.24) is 0 Å². The number of thiophene rings is 2. The molecule has 0 N–H and O–H groups in total. The molecule has 0 radical (unpaired) electrons. The third-order valence-corrected chi connectivity index (χ3v) is 9.43. The minimum absolute atomic E-state index is 0.0765. The van der Waals surface area contributed by atoms with Crippen LogP contribution in [0.1, 0.15) is 0 Å². The fourth-order valence-electron chi connectivity index (χ4n) is 2.34. The average molecular weight is 445 g/mol. The summed E-state index contributed by atoms with van der Waals surface area (Å²) < 4.78 is 3.06. The molecule has 0 nitrogen and oxygen atoms in total. The number of halogens is 1. The second-order valence-electron chi connectivity index (χ2n) is 5.03. The minimum Gasteiger partial charge on any atom is -0.0876 e. The minimum atomic E-state index is -0.0765. The SMILES string of the molecule is c1ccc(-c2ccc([I+]c3ccc(-c4ccccc4)s3)s2)cc1. The molecule has 0 spiro atoms. The fourth-order valence-corrected chi connectivity index (χ4v) is 8.66. The predicted molar refractivity (Wildman–Crippen MR) is 96.9 cm³/mol. The molecule has 0 bridgehead atoms. The molecule has 0 saturated heterocycles. The zero-order valence-electron chi connectivity index (χ0n) is 12.3. The maximum absolute atomic E-state index is 2.31. The van der Waals surface area contributed by atoms with E-state index >= 15 is 0 Å². The van der Waals surface area contributed by atoms with Crippen LogP contribution < -0.4 is 21.2 Å². The summed E-state index contributed by atoms with van der Waals surface area (Å²) >= 11 is 3.81. The highest BCUT2D eigenvalue weighted by molar-refractivity contribution is 7.14. The number of hydrogen-bond acceptors (Lipinski definition) is 2. The first-order valence-corrected chi connectivity index (χ1v) is 11.1. The van der Waals surface area contributed by atoms with Crippen molar-refractivity contribution in [2.24, 2.45) is 0 Å². The second kappa shape index (κ2) is 6.99. The molecule has 0 amide bonds. The maximum Gasteiger partial charge on any atom is 0.381 e. The Hall–Kier alpha value is -1.43. The number of hydrogen-bond donors (Lipinski definition) is 0. The van der Waals surface area contributed by atoms with Gasteiger partial charge in [-0.25, -0.2) is 0 Å². The van der Waals surface area contributed by atoms with Gasteiger partial charge in [-0.2, -0.15) is 0 Å². The third kappa shape index (κ3) is 3.57. The van der Waals surface area contributed by atoms with E-state index in [1.807, 2.05) is 22.7 Å². The van der Waals surface area contributed by atoms with Crippen LogP contribution in [0.15, 0.2) is 84.9 Å². The molecule has 0 atom stereocenters. The molecule has 23 heavy (non-hydrogen) atoms. The van der Waals surface area contributed by atoms with E-state index in [2.05, 4.69) is 84.9 Å². The lowest BCUT2D eigenvalue weighted by atomic mass is 10.2. The molecule has 2 aromatic heterocycles. The predicted octanol–water partition coefficient (Wildman–Crippen LogP) is 3.27. The van der Waals surface area contributed by atoms with Crippen molar-refractivity contribution >= 4 is 22.7 Å². The van der Waals surface area contributed by atoms with Gasteiger partial charge in [0.15, 0.2) is 0 Å². The van der Waals surface area contributed by atoms with Crippen LogP contribution in [0.4, 0.5) is 0 Å². The Bertz CT molecular complexity index is 816. The Labute approximate surface area is 154 Å². The largest absolute Gasteiger partial charge is 0.381 e. The Morgan fingerprint density at radius 1 is 0.478 bits per heavy atom. The van der Waals surface area contributed by atoms with E-state index in [0.29, 0.717) is 0 Å². The molecular formula is C20H14IS2+. The van der Waals surface area contributed by atoms with Gasteiger partial charge in [-0.3, -0.25) is 0 Å². The van der Waals surface area contributed by atoms with E-state index in [0.717, 1.165) is 0 Å². The van der Waals surface area contributed by atoms with Gasteiger partial charge < -0.3 is 0 Å². The van der Waals surface area contributed by atoms with Gasteiger partial charge in [-0.15, -0.1) is 0 Å². The van der Waals surface area contributed by atoms with Crippen LogP contribution in [0.5, 0.6) is 0 Å². The van der Waals surface area contributed by atoms with Crippen LogP contribution in [-0.2, 0) is 0 Å². The van der Waals surface area contributed by atoms with Crippen molar-refractivity contribution in [2.45, 2.75) is 0 Å². The summed E-state index contributed by atoms with van der Waals surface area (Å²) in [6.07, 6.45) is 0. The molecule has 2 heterocycles. The van der Waals surface area contributed by atoms with Gasteiger partial charge in [0.25, 0.3) is 0 Å². The standard InChI is InChI=1S/C20H14IS2/c1-3-7-15(8-4-1)17-11-13-19(22-17)21-20-14-12-18(23-20)16-9-5-2-6-10-16/h1-14H/q+1. The molecule has 4 aromatic rings. The first kappa shape index (κ1) is 15.1. The van der Waals surface area contributed by atoms with Crippen molar-refractivity contribution in [2.75, 3.05) is 0 Å².